The Labute approximate surface area is 168 Å². The van der Waals surface area contributed by atoms with Gasteiger partial charge in [-0.25, -0.2) is 9.66 Å². The minimum atomic E-state index is 0. The molecule has 0 unspecified atom stereocenters. The second-order valence-corrected chi connectivity index (χ2v) is 7.03. The number of aromatic nitrogens is 2. The highest BCUT2D eigenvalue weighted by Crippen LogP contribution is 2.36. The number of thioether (sulfide) groups is 1. The molecule has 1 aromatic heterocycles. The predicted octanol–water partition coefficient (Wildman–Crippen LogP) is 6.19. The Bertz CT molecular complexity index is 892. The number of halogens is 3. The maximum absolute atomic E-state index is 5.96. The Hall–Kier alpha value is -1.21. The van der Waals surface area contributed by atoms with Gasteiger partial charge in [0.15, 0.2) is 5.16 Å². The second kappa shape index (κ2) is 7.35. The average Bonchev–Trinajstić information content (AvgIpc) is 2.93. The monoisotopic (exact) mass is 483 g/mol. The number of hydrogen-bond donors (Lipinski definition) is 1. The van der Waals surface area contributed by atoms with Crippen molar-refractivity contribution in [3.8, 4) is 11.3 Å². The molecule has 0 fully saturated rings. The number of nitrogens with zero attached hydrogens (tertiary/aromatic N) is 2. The van der Waals surface area contributed by atoms with Crippen LogP contribution in [-0.2, 0) is 0 Å². The van der Waals surface area contributed by atoms with E-state index in [-0.39, 0.29) is 17.0 Å². The number of rotatable bonds is 2. The lowest BCUT2D eigenvalue weighted by molar-refractivity contribution is 0.809. The van der Waals surface area contributed by atoms with E-state index in [2.05, 4.69) is 38.9 Å². The van der Waals surface area contributed by atoms with Crippen molar-refractivity contribution < 1.29 is 0 Å². The first-order chi connectivity index (χ1) is 11.2. The highest BCUT2D eigenvalue weighted by atomic mass is 79.9. The Morgan fingerprint density at radius 3 is 2.42 bits per heavy atom. The fourth-order valence-corrected chi connectivity index (χ4v) is 3.97. The van der Waals surface area contributed by atoms with Gasteiger partial charge in [0.1, 0.15) is 10.3 Å². The Morgan fingerprint density at radius 1 is 1.00 bits per heavy atom. The van der Waals surface area contributed by atoms with Crippen LogP contribution >= 0.6 is 56.3 Å². The molecule has 0 spiro atoms. The van der Waals surface area contributed by atoms with Crippen LogP contribution in [-0.4, -0.2) is 9.66 Å². The molecule has 0 aliphatic carbocycles. The first-order valence-corrected chi connectivity index (χ1v) is 9.01. The summed E-state index contributed by atoms with van der Waals surface area (Å²) < 4.78 is 2.86. The number of benzene rings is 2. The van der Waals surface area contributed by atoms with Gasteiger partial charge in [-0.3, -0.25) is 5.43 Å². The molecule has 7 heteroatoms. The Kier molecular flexibility index (Phi) is 5.39. The van der Waals surface area contributed by atoms with Crippen molar-refractivity contribution in [3.63, 3.8) is 0 Å². The molecule has 3 nitrogen and oxygen atoms in total. The largest absolute Gasteiger partial charge is 0.290 e. The van der Waals surface area contributed by atoms with Gasteiger partial charge in [0.25, 0.3) is 0 Å². The third-order valence-electron chi connectivity index (χ3n) is 3.51. The Balaban J connectivity index is 0.00000169. The molecule has 1 aliphatic rings. The summed E-state index contributed by atoms with van der Waals surface area (Å²) >= 11 is 11.2. The summed E-state index contributed by atoms with van der Waals surface area (Å²) in [6.45, 7) is 0. The first-order valence-electron chi connectivity index (χ1n) is 6.96. The number of hydrogen-bond acceptors (Lipinski definition) is 3. The van der Waals surface area contributed by atoms with Crippen LogP contribution in [0, 0.1) is 0 Å². The van der Waals surface area contributed by atoms with Crippen LogP contribution in [0.3, 0.4) is 0 Å². The number of fused-ring (bicyclic) bond motifs is 1. The van der Waals surface area contributed by atoms with Gasteiger partial charge in [0.05, 0.1) is 5.70 Å². The molecule has 2 heterocycles. The summed E-state index contributed by atoms with van der Waals surface area (Å²) in [6.07, 6.45) is 0. The minimum absolute atomic E-state index is 0. The van der Waals surface area contributed by atoms with Crippen LogP contribution in [0.5, 0.6) is 0 Å². The zero-order valence-corrected chi connectivity index (χ0v) is 17.1. The van der Waals surface area contributed by atoms with E-state index in [1.165, 1.54) is 0 Å². The highest BCUT2D eigenvalue weighted by Gasteiger charge is 2.21. The molecule has 0 saturated carbocycles. The molecule has 0 radical (unpaired) electrons. The zero-order valence-electron chi connectivity index (χ0n) is 12.2. The van der Waals surface area contributed by atoms with E-state index in [4.69, 9.17) is 16.6 Å². The normalized spacial score (nSPS) is 12.7. The highest BCUT2D eigenvalue weighted by molar-refractivity contribution is 9.10. The summed E-state index contributed by atoms with van der Waals surface area (Å²) in [5.74, 6) is 0. The van der Waals surface area contributed by atoms with Crippen LogP contribution in [0.4, 0.5) is 0 Å². The van der Waals surface area contributed by atoms with Crippen LogP contribution in [0.25, 0.3) is 17.0 Å². The van der Waals surface area contributed by atoms with Crippen molar-refractivity contribution in [2.75, 3.05) is 5.43 Å². The lowest BCUT2D eigenvalue weighted by Crippen LogP contribution is -2.17. The van der Waals surface area contributed by atoms with E-state index < -0.39 is 0 Å². The maximum Gasteiger partial charge on any atom is 0.193 e. The van der Waals surface area contributed by atoms with E-state index in [1.807, 2.05) is 47.1 Å². The first kappa shape index (κ1) is 17.6. The summed E-state index contributed by atoms with van der Waals surface area (Å²) in [7, 11) is 0. The van der Waals surface area contributed by atoms with Gasteiger partial charge in [0.2, 0.25) is 0 Å². The van der Waals surface area contributed by atoms with Crippen LogP contribution in [0.15, 0.2) is 69.8 Å². The quantitative estimate of drug-likeness (QED) is 0.469. The molecular formula is C17H12Br2ClN3S. The van der Waals surface area contributed by atoms with Gasteiger partial charge in [0, 0.05) is 21.6 Å². The SMILES string of the molecule is Br.Clc1ccc(C2=CSc3nc(-c4ccccc4)c(Br)n3N2)cc1. The van der Waals surface area contributed by atoms with Crippen molar-refractivity contribution in [1.82, 2.24) is 9.66 Å². The molecule has 0 amide bonds. The van der Waals surface area contributed by atoms with Gasteiger partial charge in [-0.2, -0.15) is 0 Å². The third-order valence-corrected chi connectivity index (χ3v) is 5.33. The molecule has 1 N–H and O–H groups in total. The fourth-order valence-electron chi connectivity index (χ4n) is 2.36. The summed E-state index contributed by atoms with van der Waals surface area (Å²) in [5, 5.41) is 3.69. The van der Waals surface area contributed by atoms with Crippen molar-refractivity contribution in [2.24, 2.45) is 0 Å². The minimum Gasteiger partial charge on any atom is -0.290 e. The summed E-state index contributed by atoms with van der Waals surface area (Å²) in [6, 6.07) is 17.9. The molecule has 122 valence electrons. The van der Waals surface area contributed by atoms with Crippen LogP contribution in [0.1, 0.15) is 5.56 Å². The van der Waals surface area contributed by atoms with E-state index in [9.17, 15) is 0 Å². The molecular weight excluding hydrogens is 474 g/mol. The van der Waals surface area contributed by atoms with Crippen molar-refractivity contribution in [2.45, 2.75) is 5.16 Å². The molecule has 0 saturated heterocycles. The topological polar surface area (TPSA) is 29.9 Å². The molecule has 4 rings (SSSR count). The third kappa shape index (κ3) is 3.28. The van der Waals surface area contributed by atoms with E-state index in [1.54, 1.807) is 11.8 Å². The summed E-state index contributed by atoms with van der Waals surface area (Å²) in [4.78, 5) is 4.71. The maximum atomic E-state index is 5.96. The lowest BCUT2D eigenvalue weighted by atomic mass is 10.2. The lowest BCUT2D eigenvalue weighted by Gasteiger charge is -2.18. The number of imidazole rings is 1. The standard InChI is InChI=1S/C17H11BrClN3S.BrH/c18-16-15(12-4-2-1-3-5-12)20-17-22(16)21-14(10-23-17)11-6-8-13(19)9-7-11;/h1-10,21H;1H. The van der Waals surface area contributed by atoms with Gasteiger partial charge < -0.3 is 0 Å². The fraction of sp³-hybridized carbons (Fsp3) is 0. The molecule has 2 aromatic carbocycles. The Morgan fingerprint density at radius 2 is 1.71 bits per heavy atom. The van der Waals surface area contributed by atoms with Gasteiger partial charge >= 0.3 is 0 Å². The molecule has 0 atom stereocenters. The van der Waals surface area contributed by atoms with Crippen LogP contribution in [0.2, 0.25) is 5.02 Å². The van der Waals surface area contributed by atoms with Gasteiger partial charge in [-0.15, -0.1) is 17.0 Å². The van der Waals surface area contributed by atoms with Crippen molar-refractivity contribution >= 4 is 62.0 Å². The van der Waals surface area contributed by atoms with Gasteiger partial charge in [-0.05, 0) is 28.1 Å². The van der Waals surface area contributed by atoms with E-state index >= 15 is 0 Å². The number of nitrogens with one attached hydrogen (secondary N) is 1. The smallest absolute Gasteiger partial charge is 0.193 e. The van der Waals surface area contributed by atoms with Crippen molar-refractivity contribution in [3.05, 3.63) is 75.2 Å². The van der Waals surface area contributed by atoms with Crippen LogP contribution < -0.4 is 5.43 Å². The molecule has 0 bridgehead atoms. The van der Waals surface area contributed by atoms with E-state index in [0.717, 1.165) is 37.3 Å². The van der Waals surface area contributed by atoms with Crippen molar-refractivity contribution in [1.29, 1.82) is 0 Å². The molecule has 1 aliphatic heterocycles. The summed E-state index contributed by atoms with van der Waals surface area (Å²) in [5.41, 5.74) is 7.49. The van der Waals surface area contributed by atoms with Gasteiger partial charge in [-0.1, -0.05) is 65.8 Å². The second-order valence-electron chi connectivity index (χ2n) is 5.00. The average molecular weight is 486 g/mol. The predicted molar refractivity (Wildman–Crippen MR) is 110 cm³/mol. The molecule has 24 heavy (non-hydrogen) atoms. The zero-order chi connectivity index (χ0) is 15.8. The van der Waals surface area contributed by atoms with E-state index in [0.29, 0.717) is 0 Å². The molecule has 3 aromatic rings.